The first-order chi connectivity index (χ1) is 8.31. The predicted octanol–water partition coefficient (Wildman–Crippen LogP) is 3.89. The Morgan fingerprint density at radius 2 is 2.06 bits per heavy atom. The quantitative estimate of drug-likeness (QED) is 0.804. The van der Waals surface area contributed by atoms with Gasteiger partial charge in [0.15, 0.2) is 0 Å². The topological polar surface area (TPSA) is 17.1 Å². The standard InChI is InChI=1S/C15H20OS/c1-17-10-9-14-11-13(7-8-15(14)16)12-5-3-2-4-6-12/h2-6,13-14H,7-11H2,1H3. The third-order valence-electron chi connectivity index (χ3n) is 3.70. The molecule has 0 saturated heterocycles. The van der Waals surface area contributed by atoms with E-state index in [-0.39, 0.29) is 0 Å². The number of thioether (sulfide) groups is 1. The molecule has 1 aliphatic carbocycles. The van der Waals surface area contributed by atoms with Crippen molar-refractivity contribution in [3.05, 3.63) is 35.9 Å². The van der Waals surface area contributed by atoms with Gasteiger partial charge in [0.1, 0.15) is 5.78 Å². The third kappa shape index (κ3) is 3.35. The molecule has 1 fully saturated rings. The maximum atomic E-state index is 11.9. The summed E-state index contributed by atoms with van der Waals surface area (Å²) in [6.07, 6.45) is 6.05. The number of hydrogen-bond acceptors (Lipinski definition) is 2. The van der Waals surface area contributed by atoms with Crippen LogP contribution >= 0.6 is 11.8 Å². The van der Waals surface area contributed by atoms with Crippen LogP contribution < -0.4 is 0 Å². The summed E-state index contributed by atoms with van der Waals surface area (Å²) in [4.78, 5) is 11.9. The zero-order chi connectivity index (χ0) is 12.1. The minimum atomic E-state index is 0.307. The Balaban J connectivity index is 2.00. The smallest absolute Gasteiger partial charge is 0.136 e. The van der Waals surface area contributed by atoms with Gasteiger partial charge in [-0.25, -0.2) is 0 Å². The van der Waals surface area contributed by atoms with Gasteiger partial charge in [-0.05, 0) is 42.8 Å². The Bertz CT molecular complexity index is 360. The van der Waals surface area contributed by atoms with E-state index in [1.165, 1.54) is 5.56 Å². The second-order valence-electron chi connectivity index (χ2n) is 4.83. The summed E-state index contributed by atoms with van der Waals surface area (Å²) in [5.74, 6) is 2.51. The lowest BCUT2D eigenvalue weighted by Gasteiger charge is -2.28. The summed E-state index contributed by atoms with van der Waals surface area (Å²) < 4.78 is 0. The summed E-state index contributed by atoms with van der Waals surface area (Å²) in [6, 6.07) is 10.7. The first-order valence-electron chi connectivity index (χ1n) is 6.38. The molecule has 0 radical (unpaired) electrons. The van der Waals surface area contributed by atoms with Crippen LogP contribution in [0.3, 0.4) is 0 Å². The number of rotatable bonds is 4. The zero-order valence-electron chi connectivity index (χ0n) is 10.4. The molecule has 1 aromatic rings. The van der Waals surface area contributed by atoms with Crippen LogP contribution in [-0.4, -0.2) is 17.8 Å². The number of carbonyl (C=O) groups is 1. The van der Waals surface area contributed by atoms with Crippen molar-refractivity contribution in [1.82, 2.24) is 0 Å². The molecule has 0 aromatic heterocycles. The molecule has 1 aromatic carbocycles. The van der Waals surface area contributed by atoms with Gasteiger partial charge in [-0.2, -0.15) is 11.8 Å². The fraction of sp³-hybridized carbons (Fsp3) is 0.533. The third-order valence-corrected chi connectivity index (χ3v) is 4.35. The largest absolute Gasteiger partial charge is 0.299 e. The van der Waals surface area contributed by atoms with Crippen LogP contribution in [-0.2, 0) is 4.79 Å². The highest BCUT2D eigenvalue weighted by atomic mass is 32.2. The Kier molecular flexibility index (Phi) is 4.66. The summed E-state index contributed by atoms with van der Waals surface area (Å²) in [5.41, 5.74) is 1.41. The van der Waals surface area contributed by atoms with Crippen LogP contribution in [0.2, 0.25) is 0 Å². The second kappa shape index (κ2) is 6.25. The van der Waals surface area contributed by atoms with Gasteiger partial charge in [0.25, 0.3) is 0 Å². The molecule has 0 N–H and O–H groups in total. The molecule has 17 heavy (non-hydrogen) atoms. The van der Waals surface area contributed by atoms with E-state index < -0.39 is 0 Å². The lowest BCUT2D eigenvalue weighted by molar-refractivity contribution is -0.124. The molecule has 0 spiro atoms. The summed E-state index contributed by atoms with van der Waals surface area (Å²) >= 11 is 1.84. The first kappa shape index (κ1) is 12.7. The minimum Gasteiger partial charge on any atom is -0.299 e. The van der Waals surface area contributed by atoms with Crippen LogP contribution in [0.4, 0.5) is 0 Å². The fourth-order valence-corrected chi connectivity index (χ4v) is 3.20. The van der Waals surface area contributed by atoms with E-state index in [9.17, 15) is 4.79 Å². The number of hydrogen-bond donors (Lipinski definition) is 0. The van der Waals surface area contributed by atoms with Crippen LogP contribution in [0.25, 0.3) is 0 Å². The van der Waals surface area contributed by atoms with Crippen molar-refractivity contribution < 1.29 is 4.79 Å². The van der Waals surface area contributed by atoms with Gasteiger partial charge in [0, 0.05) is 12.3 Å². The maximum Gasteiger partial charge on any atom is 0.136 e. The molecule has 2 heteroatoms. The maximum absolute atomic E-state index is 11.9. The molecule has 2 unspecified atom stereocenters. The van der Waals surface area contributed by atoms with E-state index in [4.69, 9.17) is 0 Å². The second-order valence-corrected chi connectivity index (χ2v) is 5.81. The van der Waals surface area contributed by atoms with Crippen molar-refractivity contribution in [2.24, 2.45) is 5.92 Å². The lowest BCUT2D eigenvalue weighted by atomic mass is 9.76. The van der Waals surface area contributed by atoms with E-state index in [0.717, 1.165) is 31.4 Å². The Morgan fingerprint density at radius 1 is 1.29 bits per heavy atom. The Labute approximate surface area is 108 Å². The number of carbonyl (C=O) groups excluding carboxylic acids is 1. The average molecular weight is 248 g/mol. The van der Waals surface area contributed by atoms with Gasteiger partial charge in [-0.3, -0.25) is 4.79 Å². The van der Waals surface area contributed by atoms with Crippen molar-refractivity contribution in [1.29, 1.82) is 0 Å². The van der Waals surface area contributed by atoms with E-state index >= 15 is 0 Å². The van der Waals surface area contributed by atoms with Gasteiger partial charge < -0.3 is 0 Å². The molecule has 1 saturated carbocycles. The number of ketones is 1. The van der Waals surface area contributed by atoms with E-state index in [2.05, 4.69) is 36.6 Å². The number of Topliss-reactive ketones (excluding diaryl/α,β-unsaturated/α-hetero) is 1. The highest BCUT2D eigenvalue weighted by Gasteiger charge is 2.28. The van der Waals surface area contributed by atoms with Crippen LogP contribution in [0.1, 0.15) is 37.2 Å². The number of benzene rings is 1. The molecule has 0 amide bonds. The van der Waals surface area contributed by atoms with E-state index in [0.29, 0.717) is 17.6 Å². The normalized spacial score (nSPS) is 24.9. The van der Waals surface area contributed by atoms with Crippen molar-refractivity contribution in [3.8, 4) is 0 Å². The molecule has 0 bridgehead atoms. The van der Waals surface area contributed by atoms with Crippen molar-refractivity contribution in [3.63, 3.8) is 0 Å². The molecule has 1 aliphatic rings. The summed E-state index contributed by atoms with van der Waals surface area (Å²) in [6.45, 7) is 0. The van der Waals surface area contributed by atoms with Crippen molar-refractivity contribution >= 4 is 17.5 Å². The summed E-state index contributed by atoms with van der Waals surface area (Å²) in [7, 11) is 0. The van der Waals surface area contributed by atoms with Gasteiger partial charge >= 0.3 is 0 Å². The minimum absolute atomic E-state index is 0.307. The van der Waals surface area contributed by atoms with Gasteiger partial charge in [0.2, 0.25) is 0 Å². The van der Waals surface area contributed by atoms with Gasteiger partial charge in [-0.15, -0.1) is 0 Å². The molecule has 1 nitrogen and oxygen atoms in total. The predicted molar refractivity (Wildman–Crippen MR) is 74.5 cm³/mol. The lowest BCUT2D eigenvalue weighted by Crippen LogP contribution is -2.24. The molecule has 0 heterocycles. The monoisotopic (exact) mass is 248 g/mol. The summed E-state index contributed by atoms with van der Waals surface area (Å²) in [5, 5.41) is 0. The van der Waals surface area contributed by atoms with Crippen LogP contribution in [0.5, 0.6) is 0 Å². The van der Waals surface area contributed by atoms with E-state index in [1.807, 2.05) is 11.8 Å². The van der Waals surface area contributed by atoms with Gasteiger partial charge in [0.05, 0.1) is 0 Å². The SMILES string of the molecule is CSCCC1CC(c2ccccc2)CCC1=O. The van der Waals surface area contributed by atoms with Crippen LogP contribution in [0.15, 0.2) is 30.3 Å². The molecule has 2 atom stereocenters. The molecule has 92 valence electrons. The van der Waals surface area contributed by atoms with Crippen molar-refractivity contribution in [2.45, 2.75) is 31.6 Å². The van der Waals surface area contributed by atoms with Gasteiger partial charge in [-0.1, -0.05) is 30.3 Å². The van der Waals surface area contributed by atoms with Crippen LogP contribution in [0, 0.1) is 5.92 Å². The Morgan fingerprint density at radius 3 is 2.76 bits per heavy atom. The fourth-order valence-electron chi connectivity index (χ4n) is 2.68. The zero-order valence-corrected chi connectivity index (χ0v) is 11.2. The molecular formula is C15H20OS. The Hall–Kier alpha value is -0.760. The molecule has 0 aliphatic heterocycles. The van der Waals surface area contributed by atoms with Crippen molar-refractivity contribution in [2.75, 3.05) is 12.0 Å². The molecule has 2 rings (SSSR count). The first-order valence-corrected chi connectivity index (χ1v) is 7.77. The average Bonchev–Trinajstić information content (AvgIpc) is 2.39. The molecular weight excluding hydrogens is 228 g/mol. The highest BCUT2D eigenvalue weighted by Crippen LogP contribution is 2.35. The van der Waals surface area contributed by atoms with E-state index in [1.54, 1.807) is 0 Å². The highest BCUT2D eigenvalue weighted by molar-refractivity contribution is 7.98.